The lowest BCUT2D eigenvalue weighted by Crippen LogP contribution is -2.35. The maximum absolute atomic E-state index is 12.8. The van der Waals surface area contributed by atoms with Gasteiger partial charge in [0.25, 0.3) is 0 Å². The summed E-state index contributed by atoms with van der Waals surface area (Å²) in [4.78, 5) is 39.5. The summed E-state index contributed by atoms with van der Waals surface area (Å²) in [6.45, 7) is 2.41. The molecule has 0 spiro atoms. The topological polar surface area (TPSA) is 84.9 Å². The molecule has 7 nitrogen and oxygen atoms in total. The summed E-state index contributed by atoms with van der Waals surface area (Å²) < 4.78 is 10.8. The van der Waals surface area contributed by atoms with E-state index in [1.807, 2.05) is 6.07 Å². The summed E-state index contributed by atoms with van der Waals surface area (Å²) in [5, 5.41) is 2.94. The summed E-state index contributed by atoms with van der Waals surface area (Å²) in [5.74, 6) is 1.46. The molecule has 2 aliphatic carbocycles. The number of nitrogens with zero attached hydrogens (tertiary/aromatic N) is 1. The molecule has 29 heavy (non-hydrogen) atoms. The predicted molar refractivity (Wildman–Crippen MR) is 104 cm³/mol. The molecule has 1 aromatic rings. The minimum Gasteiger partial charge on any atom is -0.454 e. The molecule has 2 aliphatic heterocycles. The smallest absolute Gasteiger partial charge is 0.233 e. The molecule has 4 unspecified atom stereocenters. The van der Waals surface area contributed by atoms with Gasteiger partial charge < -0.3 is 14.8 Å². The highest BCUT2D eigenvalue weighted by Crippen LogP contribution is 2.56. The number of ether oxygens (including phenoxy) is 2. The molecule has 2 saturated carbocycles. The first-order valence-corrected chi connectivity index (χ1v) is 10.6. The largest absolute Gasteiger partial charge is 0.454 e. The number of amides is 3. The number of hydrogen-bond acceptors (Lipinski definition) is 5. The van der Waals surface area contributed by atoms with Crippen LogP contribution in [0.5, 0.6) is 11.5 Å². The molecule has 2 bridgehead atoms. The minimum absolute atomic E-state index is 0.0604. The molecule has 5 rings (SSSR count). The number of likely N-dealkylation sites (tertiary alicyclic amines) is 1. The molecule has 4 atom stereocenters. The molecule has 0 radical (unpaired) electrons. The van der Waals surface area contributed by atoms with Gasteiger partial charge in [-0.25, -0.2) is 0 Å². The molecule has 3 fully saturated rings. The molecule has 1 saturated heterocycles. The van der Waals surface area contributed by atoms with E-state index in [-0.39, 0.29) is 49.3 Å². The number of aryl methyl sites for hydroxylation is 1. The molecule has 0 aromatic heterocycles. The Balaban J connectivity index is 1.24. The van der Waals surface area contributed by atoms with Crippen molar-refractivity contribution in [3.63, 3.8) is 0 Å². The van der Waals surface area contributed by atoms with Crippen LogP contribution in [0, 0.1) is 23.7 Å². The zero-order chi connectivity index (χ0) is 20.1. The van der Waals surface area contributed by atoms with Gasteiger partial charge in [-0.3, -0.25) is 19.3 Å². The molecule has 1 aromatic carbocycles. The van der Waals surface area contributed by atoms with Crippen molar-refractivity contribution in [1.82, 2.24) is 4.90 Å². The Morgan fingerprint density at radius 3 is 2.41 bits per heavy atom. The van der Waals surface area contributed by atoms with Crippen LogP contribution >= 0.6 is 0 Å². The van der Waals surface area contributed by atoms with Gasteiger partial charge in [-0.05, 0) is 49.1 Å². The maximum atomic E-state index is 12.8. The average Bonchev–Trinajstić information content (AvgIpc) is 3.46. The average molecular weight is 398 g/mol. The lowest BCUT2D eigenvalue weighted by Gasteiger charge is -2.19. The molecule has 154 valence electrons. The van der Waals surface area contributed by atoms with E-state index in [1.54, 1.807) is 6.07 Å². The third-order valence-electron chi connectivity index (χ3n) is 6.97. The van der Waals surface area contributed by atoms with E-state index >= 15 is 0 Å². The van der Waals surface area contributed by atoms with E-state index in [9.17, 15) is 14.4 Å². The lowest BCUT2D eigenvalue weighted by molar-refractivity contribution is -0.140. The number of carbonyl (C=O) groups excluding carboxylic acids is 3. The Labute approximate surface area is 169 Å². The number of benzene rings is 1. The van der Waals surface area contributed by atoms with E-state index < -0.39 is 0 Å². The lowest BCUT2D eigenvalue weighted by atomic mass is 9.81. The van der Waals surface area contributed by atoms with E-state index in [4.69, 9.17) is 9.47 Å². The molecule has 3 amide bonds. The first-order valence-electron chi connectivity index (χ1n) is 10.6. The van der Waals surface area contributed by atoms with Crippen molar-refractivity contribution < 1.29 is 23.9 Å². The van der Waals surface area contributed by atoms with Gasteiger partial charge in [0, 0.05) is 24.7 Å². The van der Waals surface area contributed by atoms with Gasteiger partial charge in [-0.15, -0.1) is 0 Å². The van der Waals surface area contributed by atoms with Crippen LogP contribution < -0.4 is 14.8 Å². The van der Waals surface area contributed by atoms with Gasteiger partial charge in [0.1, 0.15) is 0 Å². The van der Waals surface area contributed by atoms with Gasteiger partial charge in [-0.2, -0.15) is 0 Å². The van der Waals surface area contributed by atoms with Gasteiger partial charge in [-0.1, -0.05) is 13.3 Å². The summed E-state index contributed by atoms with van der Waals surface area (Å²) in [7, 11) is 0. The highest BCUT2D eigenvalue weighted by molar-refractivity contribution is 6.06. The molecular weight excluding hydrogens is 372 g/mol. The first kappa shape index (κ1) is 18.5. The van der Waals surface area contributed by atoms with Crippen molar-refractivity contribution in [3.8, 4) is 11.5 Å². The van der Waals surface area contributed by atoms with Gasteiger partial charge >= 0.3 is 0 Å². The second-order valence-corrected chi connectivity index (χ2v) is 8.62. The van der Waals surface area contributed by atoms with E-state index in [0.717, 1.165) is 37.7 Å². The van der Waals surface area contributed by atoms with Crippen molar-refractivity contribution >= 4 is 23.4 Å². The standard InChI is InChI=1S/C22H26N2O5/c1-2-3-12-9-16-17(29-11-28-16)10-15(12)23-18(25)6-7-24-21(26)19-13-4-5-14(8-13)20(19)22(24)27/h9-10,13-14,19-20H,2-8,11H2,1H3,(H,23,25). The van der Waals surface area contributed by atoms with E-state index in [2.05, 4.69) is 12.2 Å². The third kappa shape index (κ3) is 2.98. The number of anilines is 1. The number of hydrogen-bond donors (Lipinski definition) is 1. The van der Waals surface area contributed by atoms with E-state index in [0.29, 0.717) is 29.0 Å². The first-order chi connectivity index (χ1) is 14.1. The van der Waals surface area contributed by atoms with Crippen molar-refractivity contribution in [1.29, 1.82) is 0 Å². The highest BCUT2D eigenvalue weighted by Gasteiger charge is 2.60. The second kappa shape index (κ2) is 7.04. The molecular formula is C22H26N2O5. The number of imide groups is 1. The quantitative estimate of drug-likeness (QED) is 0.745. The zero-order valence-electron chi connectivity index (χ0n) is 16.6. The molecule has 1 N–H and O–H groups in total. The van der Waals surface area contributed by atoms with Crippen LogP contribution in [0.3, 0.4) is 0 Å². The van der Waals surface area contributed by atoms with Crippen LogP contribution in [0.15, 0.2) is 12.1 Å². The summed E-state index contributed by atoms with van der Waals surface area (Å²) in [5.41, 5.74) is 1.69. The van der Waals surface area contributed by atoms with Gasteiger partial charge in [0.2, 0.25) is 24.5 Å². The van der Waals surface area contributed by atoms with Crippen molar-refractivity contribution in [2.24, 2.45) is 23.7 Å². The van der Waals surface area contributed by atoms with Crippen molar-refractivity contribution in [2.75, 3.05) is 18.7 Å². The minimum atomic E-state index is -0.207. The predicted octanol–water partition coefficient (Wildman–Crippen LogP) is 2.73. The fourth-order valence-electron chi connectivity index (χ4n) is 5.69. The number of carbonyl (C=O) groups is 3. The third-order valence-corrected chi connectivity index (χ3v) is 6.97. The van der Waals surface area contributed by atoms with Crippen LogP contribution in [-0.4, -0.2) is 36.0 Å². The second-order valence-electron chi connectivity index (χ2n) is 8.62. The van der Waals surface area contributed by atoms with Crippen LogP contribution in [0.25, 0.3) is 0 Å². The number of rotatable bonds is 6. The normalized spacial score (nSPS) is 28.9. The zero-order valence-corrected chi connectivity index (χ0v) is 16.6. The SMILES string of the molecule is CCCc1cc2c(cc1NC(=O)CCN1C(=O)C3C4CCC(C4)C3C1=O)OCO2. The van der Waals surface area contributed by atoms with Gasteiger partial charge in [0.15, 0.2) is 11.5 Å². The summed E-state index contributed by atoms with van der Waals surface area (Å²) >= 11 is 0. The number of fused-ring (bicyclic) bond motifs is 6. The van der Waals surface area contributed by atoms with Crippen molar-refractivity contribution in [3.05, 3.63) is 17.7 Å². The summed E-state index contributed by atoms with van der Waals surface area (Å²) in [6, 6.07) is 3.70. The van der Waals surface area contributed by atoms with Crippen LogP contribution in [-0.2, 0) is 20.8 Å². The summed E-state index contributed by atoms with van der Waals surface area (Å²) in [6.07, 6.45) is 4.98. The Kier molecular flexibility index (Phi) is 4.48. The van der Waals surface area contributed by atoms with Crippen molar-refractivity contribution in [2.45, 2.75) is 45.4 Å². The Morgan fingerprint density at radius 1 is 1.10 bits per heavy atom. The fourth-order valence-corrected chi connectivity index (χ4v) is 5.69. The highest BCUT2D eigenvalue weighted by atomic mass is 16.7. The monoisotopic (exact) mass is 398 g/mol. The maximum Gasteiger partial charge on any atom is 0.233 e. The van der Waals surface area contributed by atoms with Crippen LogP contribution in [0.2, 0.25) is 0 Å². The van der Waals surface area contributed by atoms with Gasteiger partial charge in [0.05, 0.1) is 11.8 Å². The Morgan fingerprint density at radius 2 is 1.76 bits per heavy atom. The molecule has 2 heterocycles. The Bertz CT molecular complexity index is 854. The van der Waals surface area contributed by atoms with Crippen LogP contribution in [0.1, 0.15) is 44.6 Å². The Hall–Kier alpha value is -2.57. The van der Waals surface area contributed by atoms with Crippen LogP contribution in [0.4, 0.5) is 5.69 Å². The van der Waals surface area contributed by atoms with E-state index in [1.165, 1.54) is 4.90 Å². The number of nitrogens with one attached hydrogen (secondary N) is 1. The fraction of sp³-hybridized carbons (Fsp3) is 0.591. The molecule has 7 heteroatoms. The molecule has 4 aliphatic rings.